The summed E-state index contributed by atoms with van der Waals surface area (Å²) >= 11 is 0. The van der Waals surface area contributed by atoms with Gasteiger partial charge in [0.15, 0.2) is 6.10 Å². The molecule has 2 aromatic rings. The molecule has 0 radical (unpaired) electrons. The molecule has 0 amide bonds. The zero-order valence-electron chi connectivity index (χ0n) is 12.0. The molecule has 112 valence electrons. The normalized spacial score (nSPS) is 17.8. The fourth-order valence-electron chi connectivity index (χ4n) is 2.29. The molecule has 0 saturated heterocycles. The van der Waals surface area contributed by atoms with E-state index in [9.17, 15) is 5.21 Å². The van der Waals surface area contributed by atoms with Crippen LogP contribution in [0.25, 0.3) is 0 Å². The van der Waals surface area contributed by atoms with Gasteiger partial charge in [-0.2, -0.15) is 0 Å². The number of benzene rings is 1. The Hall–Kier alpha value is -2.89. The zero-order chi connectivity index (χ0) is 15.4. The van der Waals surface area contributed by atoms with Gasteiger partial charge < -0.3 is 14.8 Å². The average Bonchev–Trinajstić information content (AvgIpc) is 3.06. The van der Waals surface area contributed by atoms with E-state index in [2.05, 4.69) is 15.3 Å². The minimum atomic E-state index is -0.265. The molecule has 0 saturated carbocycles. The fourth-order valence-corrected chi connectivity index (χ4v) is 2.29. The summed E-state index contributed by atoms with van der Waals surface area (Å²) in [5.41, 5.74) is 2.46. The van der Waals surface area contributed by atoms with Gasteiger partial charge in [-0.1, -0.05) is 28.5 Å². The van der Waals surface area contributed by atoms with E-state index < -0.39 is 0 Å². The van der Waals surface area contributed by atoms with Crippen molar-refractivity contribution >= 4 is 11.4 Å². The number of methoxy groups -OCH3 is 1. The first-order valence-corrected chi connectivity index (χ1v) is 6.82. The van der Waals surface area contributed by atoms with Crippen LogP contribution in [-0.4, -0.2) is 28.7 Å². The van der Waals surface area contributed by atoms with Gasteiger partial charge in [0.05, 0.1) is 12.8 Å². The highest BCUT2D eigenvalue weighted by Crippen LogP contribution is 2.27. The van der Waals surface area contributed by atoms with Crippen LogP contribution in [0.4, 0.5) is 0 Å². The molecule has 3 rings (SSSR count). The Kier molecular flexibility index (Phi) is 4.00. The SMILES string of the molecule is COc1cccc(/C(=N/O)C2=NOC(c3ccccn3)C2)c1. The van der Waals surface area contributed by atoms with Crippen LogP contribution < -0.4 is 4.74 Å². The number of hydrogen-bond donors (Lipinski definition) is 1. The standard InChI is InChI=1S/C16H15N3O3/c1-21-12-6-4-5-11(9-12)16(18-20)14-10-15(22-19-14)13-7-2-3-8-17-13/h2-9,15,20H,10H2,1H3/b18-16-. The van der Waals surface area contributed by atoms with Gasteiger partial charge in [0.2, 0.25) is 0 Å². The summed E-state index contributed by atoms with van der Waals surface area (Å²) in [4.78, 5) is 9.67. The lowest BCUT2D eigenvalue weighted by molar-refractivity contribution is 0.0826. The summed E-state index contributed by atoms with van der Waals surface area (Å²) in [6.07, 6.45) is 1.94. The number of rotatable bonds is 4. The second-order valence-corrected chi connectivity index (χ2v) is 4.77. The van der Waals surface area contributed by atoms with Gasteiger partial charge in [0, 0.05) is 18.2 Å². The van der Waals surface area contributed by atoms with Crippen LogP contribution in [0, 0.1) is 0 Å². The number of aromatic nitrogens is 1. The molecular weight excluding hydrogens is 282 g/mol. The third kappa shape index (κ3) is 2.76. The van der Waals surface area contributed by atoms with E-state index in [1.54, 1.807) is 19.4 Å². The minimum absolute atomic E-state index is 0.265. The van der Waals surface area contributed by atoms with E-state index in [1.165, 1.54) is 0 Å². The lowest BCUT2D eigenvalue weighted by atomic mass is 10.0. The molecule has 0 bridgehead atoms. The summed E-state index contributed by atoms with van der Waals surface area (Å²) in [5, 5.41) is 16.8. The number of nitrogens with zero attached hydrogens (tertiary/aromatic N) is 3. The van der Waals surface area contributed by atoms with Crippen LogP contribution in [0.15, 0.2) is 59.0 Å². The number of pyridine rings is 1. The summed E-state index contributed by atoms with van der Waals surface area (Å²) in [5.74, 6) is 0.680. The van der Waals surface area contributed by atoms with Crippen LogP contribution in [0.5, 0.6) is 5.75 Å². The summed E-state index contributed by atoms with van der Waals surface area (Å²) in [6.45, 7) is 0. The Labute approximate surface area is 127 Å². The molecule has 2 heterocycles. The van der Waals surface area contributed by atoms with Crippen LogP contribution in [0.1, 0.15) is 23.8 Å². The summed E-state index contributed by atoms with van der Waals surface area (Å²) in [7, 11) is 1.59. The number of hydrogen-bond acceptors (Lipinski definition) is 6. The van der Waals surface area contributed by atoms with E-state index in [0.29, 0.717) is 29.2 Å². The van der Waals surface area contributed by atoms with E-state index in [4.69, 9.17) is 9.57 Å². The third-order valence-corrected chi connectivity index (χ3v) is 3.40. The maximum atomic E-state index is 9.36. The molecular formula is C16H15N3O3. The molecule has 1 aliphatic heterocycles. The number of oxime groups is 2. The Bertz CT molecular complexity index is 714. The van der Waals surface area contributed by atoms with Gasteiger partial charge in [-0.3, -0.25) is 4.98 Å². The molecule has 1 unspecified atom stereocenters. The Morgan fingerprint density at radius 1 is 1.32 bits per heavy atom. The molecule has 6 nitrogen and oxygen atoms in total. The highest BCUT2D eigenvalue weighted by Gasteiger charge is 2.28. The van der Waals surface area contributed by atoms with Crippen LogP contribution in [-0.2, 0) is 4.84 Å². The molecule has 0 spiro atoms. The van der Waals surface area contributed by atoms with Gasteiger partial charge in [0.25, 0.3) is 0 Å². The molecule has 22 heavy (non-hydrogen) atoms. The maximum absolute atomic E-state index is 9.36. The van der Waals surface area contributed by atoms with Gasteiger partial charge >= 0.3 is 0 Å². The van der Waals surface area contributed by atoms with Crippen molar-refractivity contribution in [2.24, 2.45) is 10.3 Å². The van der Waals surface area contributed by atoms with E-state index in [0.717, 1.165) is 5.69 Å². The predicted octanol–water partition coefficient (Wildman–Crippen LogP) is 2.79. The van der Waals surface area contributed by atoms with Crippen molar-refractivity contribution < 1.29 is 14.8 Å². The van der Waals surface area contributed by atoms with E-state index in [-0.39, 0.29) is 6.10 Å². The van der Waals surface area contributed by atoms with Gasteiger partial charge in [-0.05, 0) is 24.3 Å². The van der Waals surface area contributed by atoms with Crippen LogP contribution in [0.2, 0.25) is 0 Å². The Morgan fingerprint density at radius 3 is 2.95 bits per heavy atom. The molecule has 1 atom stereocenters. The Balaban J connectivity index is 1.81. The summed E-state index contributed by atoms with van der Waals surface area (Å²) < 4.78 is 5.18. The second-order valence-electron chi connectivity index (χ2n) is 4.77. The van der Waals surface area contributed by atoms with Gasteiger partial charge in [0.1, 0.15) is 17.2 Å². The zero-order valence-corrected chi connectivity index (χ0v) is 12.0. The van der Waals surface area contributed by atoms with Crippen molar-refractivity contribution in [1.29, 1.82) is 0 Å². The molecule has 1 N–H and O–H groups in total. The molecule has 1 aromatic carbocycles. The molecule has 1 aliphatic rings. The third-order valence-electron chi connectivity index (χ3n) is 3.40. The van der Waals surface area contributed by atoms with E-state index in [1.807, 2.05) is 36.4 Å². The quantitative estimate of drug-likeness (QED) is 0.535. The molecule has 0 aliphatic carbocycles. The largest absolute Gasteiger partial charge is 0.497 e. The van der Waals surface area contributed by atoms with Gasteiger partial charge in [-0.25, -0.2) is 0 Å². The van der Waals surface area contributed by atoms with Crippen molar-refractivity contribution in [3.63, 3.8) is 0 Å². The highest BCUT2D eigenvalue weighted by molar-refractivity contribution is 6.48. The molecule has 1 aromatic heterocycles. The van der Waals surface area contributed by atoms with Crippen molar-refractivity contribution in [2.75, 3.05) is 7.11 Å². The second kappa shape index (κ2) is 6.26. The monoisotopic (exact) mass is 297 g/mol. The Morgan fingerprint density at radius 2 is 2.23 bits per heavy atom. The molecule has 0 fully saturated rings. The molecule has 6 heteroatoms. The lowest BCUT2D eigenvalue weighted by Crippen LogP contribution is -2.15. The number of ether oxygens (including phenoxy) is 1. The maximum Gasteiger partial charge on any atom is 0.175 e. The topological polar surface area (TPSA) is 76.3 Å². The van der Waals surface area contributed by atoms with Crippen molar-refractivity contribution in [1.82, 2.24) is 4.98 Å². The smallest absolute Gasteiger partial charge is 0.175 e. The first-order chi connectivity index (χ1) is 10.8. The van der Waals surface area contributed by atoms with Crippen molar-refractivity contribution in [2.45, 2.75) is 12.5 Å². The first kappa shape index (κ1) is 14.1. The van der Waals surface area contributed by atoms with Crippen LogP contribution >= 0.6 is 0 Å². The predicted molar refractivity (Wildman–Crippen MR) is 81.4 cm³/mol. The van der Waals surface area contributed by atoms with E-state index >= 15 is 0 Å². The lowest BCUT2D eigenvalue weighted by Gasteiger charge is -2.07. The first-order valence-electron chi connectivity index (χ1n) is 6.82. The minimum Gasteiger partial charge on any atom is -0.497 e. The van der Waals surface area contributed by atoms with Crippen LogP contribution in [0.3, 0.4) is 0 Å². The van der Waals surface area contributed by atoms with Crippen molar-refractivity contribution in [3.05, 3.63) is 59.9 Å². The fraction of sp³-hybridized carbons (Fsp3) is 0.188. The average molecular weight is 297 g/mol. The highest BCUT2D eigenvalue weighted by atomic mass is 16.6. The van der Waals surface area contributed by atoms with Gasteiger partial charge in [-0.15, -0.1) is 0 Å². The summed E-state index contributed by atoms with van der Waals surface area (Å²) in [6, 6.07) is 12.9. The van der Waals surface area contributed by atoms with Crippen molar-refractivity contribution in [3.8, 4) is 5.75 Å².